The molecule has 0 bridgehead atoms. The number of rotatable bonds is 4. The van der Waals surface area contributed by atoms with E-state index in [0.29, 0.717) is 0 Å². The third kappa shape index (κ3) is 3.22. The van der Waals surface area contributed by atoms with Crippen LogP contribution in [-0.2, 0) is 0 Å². The lowest BCUT2D eigenvalue weighted by Crippen LogP contribution is -2.29. The highest BCUT2D eigenvalue weighted by atomic mass is 19.3. The van der Waals surface area contributed by atoms with Crippen LogP contribution in [0.1, 0.15) is 34.9 Å². The van der Waals surface area contributed by atoms with Crippen LogP contribution in [0.15, 0.2) is 18.3 Å². The number of aromatic nitrogens is 1. The monoisotopic (exact) mass is 255 g/mol. The third-order valence-corrected chi connectivity index (χ3v) is 2.90. The molecule has 1 amide bonds. The highest BCUT2D eigenvalue weighted by molar-refractivity contribution is 5.92. The van der Waals surface area contributed by atoms with Crippen LogP contribution < -0.4 is 10.6 Å². The van der Waals surface area contributed by atoms with Gasteiger partial charge in [0.25, 0.3) is 12.3 Å². The van der Waals surface area contributed by atoms with Crippen molar-refractivity contribution in [1.82, 2.24) is 15.6 Å². The van der Waals surface area contributed by atoms with Gasteiger partial charge in [0.15, 0.2) is 0 Å². The highest BCUT2D eigenvalue weighted by Crippen LogP contribution is 2.22. The van der Waals surface area contributed by atoms with Crippen LogP contribution in [0.3, 0.4) is 0 Å². The molecule has 98 valence electrons. The summed E-state index contributed by atoms with van der Waals surface area (Å²) in [5, 5.41) is 5.45. The summed E-state index contributed by atoms with van der Waals surface area (Å²) in [6, 6.07) is 3.73. The van der Waals surface area contributed by atoms with Crippen LogP contribution in [0.4, 0.5) is 8.78 Å². The predicted molar refractivity (Wildman–Crippen MR) is 62.6 cm³/mol. The van der Waals surface area contributed by atoms with E-state index in [1.165, 1.54) is 6.20 Å². The van der Waals surface area contributed by atoms with Gasteiger partial charge in [-0.3, -0.25) is 9.78 Å². The van der Waals surface area contributed by atoms with Gasteiger partial charge in [0.1, 0.15) is 5.69 Å². The molecule has 6 heteroatoms. The second kappa shape index (κ2) is 5.86. The Morgan fingerprint density at radius 3 is 3.11 bits per heavy atom. The lowest BCUT2D eigenvalue weighted by atomic mass is 10.1. The van der Waals surface area contributed by atoms with Gasteiger partial charge < -0.3 is 10.6 Å². The van der Waals surface area contributed by atoms with E-state index in [1.54, 1.807) is 6.07 Å². The largest absolute Gasteiger partial charge is 0.345 e. The number of hydrogen-bond acceptors (Lipinski definition) is 3. The molecule has 0 unspecified atom stereocenters. The van der Waals surface area contributed by atoms with Gasteiger partial charge in [-0.2, -0.15) is 0 Å². The van der Waals surface area contributed by atoms with Crippen LogP contribution in [-0.4, -0.2) is 30.4 Å². The van der Waals surface area contributed by atoms with E-state index >= 15 is 0 Å². The van der Waals surface area contributed by atoms with E-state index in [-0.39, 0.29) is 11.7 Å². The van der Waals surface area contributed by atoms with Gasteiger partial charge in [0.05, 0.1) is 6.54 Å². The molecular weight excluding hydrogens is 240 g/mol. The summed E-state index contributed by atoms with van der Waals surface area (Å²) in [6.07, 6.45) is 1.10. The Bertz CT molecular complexity index is 420. The molecule has 4 nitrogen and oxygen atoms in total. The van der Waals surface area contributed by atoms with Crippen LogP contribution >= 0.6 is 0 Å². The minimum Gasteiger partial charge on any atom is -0.345 e. The number of nitrogens with one attached hydrogen (secondary N) is 2. The molecule has 1 aliphatic rings. The fourth-order valence-electron chi connectivity index (χ4n) is 2.02. The third-order valence-electron chi connectivity index (χ3n) is 2.90. The molecule has 0 radical (unpaired) electrons. The van der Waals surface area contributed by atoms with Crippen LogP contribution in [0.2, 0.25) is 0 Å². The molecule has 1 aromatic rings. The number of halogens is 2. The van der Waals surface area contributed by atoms with Crippen LogP contribution in [0.25, 0.3) is 0 Å². The number of alkyl halides is 2. The Labute approximate surface area is 104 Å². The Morgan fingerprint density at radius 1 is 1.61 bits per heavy atom. The van der Waals surface area contributed by atoms with E-state index in [9.17, 15) is 13.6 Å². The van der Waals surface area contributed by atoms with E-state index in [2.05, 4.69) is 15.6 Å². The fourth-order valence-corrected chi connectivity index (χ4v) is 2.02. The summed E-state index contributed by atoms with van der Waals surface area (Å²) in [5.41, 5.74) is 1.16. The maximum absolute atomic E-state index is 12.0. The molecule has 18 heavy (non-hydrogen) atoms. The zero-order chi connectivity index (χ0) is 13.0. The first-order valence-corrected chi connectivity index (χ1v) is 5.92. The summed E-state index contributed by atoms with van der Waals surface area (Å²) in [4.78, 5) is 15.5. The van der Waals surface area contributed by atoms with E-state index in [0.717, 1.165) is 24.9 Å². The molecule has 2 heterocycles. The number of carbonyl (C=O) groups excluding carboxylic acids is 1. The first-order valence-electron chi connectivity index (χ1n) is 5.92. The summed E-state index contributed by atoms with van der Waals surface area (Å²) in [5.74, 6) is -0.560. The first-order chi connectivity index (χ1) is 8.66. The minimum absolute atomic E-state index is 0.182. The van der Waals surface area contributed by atoms with Crippen molar-refractivity contribution in [2.75, 3.05) is 13.1 Å². The second-order valence-corrected chi connectivity index (χ2v) is 4.22. The van der Waals surface area contributed by atoms with E-state index in [1.807, 2.05) is 6.07 Å². The minimum atomic E-state index is -2.55. The maximum atomic E-state index is 12.0. The summed E-state index contributed by atoms with van der Waals surface area (Å²) < 4.78 is 24.0. The Kier molecular flexibility index (Phi) is 4.19. The Hall–Kier alpha value is -1.56. The molecule has 0 aromatic carbocycles. The molecule has 1 aromatic heterocycles. The topological polar surface area (TPSA) is 54.0 Å². The summed E-state index contributed by atoms with van der Waals surface area (Å²) >= 11 is 0. The molecule has 1 atom stereocenters. The number of carbonyl (C=O) groups is 1. The lowest BCUT2D eigenvalue weighted by Gasteiger charge is -2.11. The van der Waals surface area contributed by atoms with Crippen molar-refractivity contribution in [2.45, 2.75) is 25.3 Å². The molecule has 1 fully saturated rings. The van der Waals surface area contributed by atoms with Crippen molar-refractivity contribution in [3.05, 3.63) is 29.6 Å². The molecule has 0 spiro atoms. The summed E-state index contributed by atoms with van der Waals surface area (Å²) in [6.45, 7) is 0.312. The fraction of sp³-hybridized carbons (Fsp3) is 0.500. The smallest absolute Gasteiger partial charge is 0.270 e. The molecular formula is C12H15F2N3O. The van der Waals surface area contributed by atoms with Crippen molar-refractivity contribution in [3.63, 3.8) is 0 Å². The van der Waals surface area contributed by atoms with Gasteiger partial charge >= 0.3 is 0 Å². The molecule has 2 rings (SSSR count). The maximum Gasteiger partial charge on any atom is 0.270 e. The lowest BCUT2D eigenvalue weighted by molar-refractivity contribution is 0.0887. The number of nitrogens with zero attached hydrogens (tertiary/aromatic N) is 1. The molecule has 0 saturated carbocycles. The van der Waals surface area contributed by atoms with Gasteiger partial charge in [0.2, 0.25) is 0 Å². The van der Waals surface area contributed by atoms with Gasteiger partial charge in [-0.15, -0.1) is 0 Å². The molecule has 1 saturated heterocycles. The van der Waals surface area contributed by atoms with Gasteiger partial charge in [-0.1, -0.05) is 0 Å². The quantitative estimate of drug-likeness (QED) is 0.857. The highest BCUT2D eigenvalue weighted by Gasteiger charge is 2.18. The SMILES string of the molecule is O=C(NCC(F)F)c1cc([C@H]2CCCN2)ccn1. The average Bonchev–Trinajstić information content (AvgIpc) is 2.90. The van der Waals surface area contributed by atoms with Crippen molar-refractivity contribution < 1.29 is 13.6 Å². The molecule has 0 aliphatic carbocycles. The van der Waals surface area contributed by atoms with Crippen LogP contribution in [0, 0.1) is 0 Å². The normalized spacial score (nSPS) is 19.2. The van der Waals surface area contributed by atoms with Crippen molar-refractivity contribution in [3.8, 4) is 0 Å². The molecule has 2 N–H and O–H groups in total. The van der Waals surface area contributed by atoms with Gasteiger partial charge in [0, 0.05) is 12.2 Å². The molecule has 1 aliphatic heterocycles. The van der Waals surface area contributed by atoms with Crippen molar-refractivity contribution >= 4 is 5.91 Å². The average molecular weight is 255 g/mol. The standard InChI is InChI=1S/C12H15F2N3O/c13-11(14)7-17-12(18)10-6-8(3-5-16-10)9-2-1-4-15-9/h3,5-6,9,11,15H,1-2,4,7H2,(H,17,18)/t9-/m1/s1. The number of pyridine rings is 1. The summed E-state index contributed by atoms with van der Waals surface area (Å²) in [7, 11) is 0. The van der Waals surface area contributed by atoms with Gasteiger partial charge in [-0.25, -0.2) is 8.78 Å². The second-order valence-electron chi connectivity index (χ2n) is 4.22. The number of amides is 1. The van der Waals surface area contributed by atoms with E-state index in [4.69, 9.17) is 0 Å². The zero-order valence-corrected chi connectivity index (χ0v) is 9.83. The van der Waals surface area contributed by atoms with Gasteiger partial charge in [-0.05, 0) is 37.1 Å². The first kappa shape index (κ1) is 12.9. The van der Waals surface area contributed by atoms with Crippen LogP contribution in [0.5, 0.6) is 0 Å². The van der Waals surface area contributed by atoms with E-state index < -0.39 is 18.9 Å². The predicted octanol–water partition coefficient (Wildman–Crippen LogP) is 1.50. The Balaban J connectivity index is 2.04. The number of hydrogen-bond donors (Lipinski definition) is 2. The van der Waals surface area contributed by atoms with Crippen molar-refractivity contribution in [1.29, 1.82) is 0 Å². The zero-order valence-electron chi connectivity index (χ0n) is 9.83. The van der Waals surface area contributed by atoms with Crippen molar-refractivity contribution in [2.24, 2.45) is 0 Å². The Morgan fingerprint density at radius 2 is 2.44 bits per heavy atom.